The number of rotatable bonds is 7. The van der Waals surface area contributed by atoms with Crippen molar-refractivity contribution in [1.82, 2.24) is 5.32 Å². The minimum absolute atomic E-state index is 0.0726. The Morgan fingerprint density at radius 2 is 1.91 bits per heavy atom. The molecule has 0 saturated heterocycles. The molecule has 0 aliphatic heterocycles. The summed E-state index contributed by atoms with van der Waals surface area (Å²) in [7, 11) is 0. The van der Waals surface area contributed by atoms with Crippen LogP contribution in [0.15, 0.2) is 48.5 Å². The number of benzene rings is 2. The van der Waals surface area contributed by atoms with Crippen LogP contribution in [0.3, 0.4) is 0 Å². The van der Waals surface area contributed by atoms with E-state index in [4.69, 9.17) is 4.74 Å². The molecule has 0 radical (unpaired) electrons. The summed E-state index contributed by atoms with van der Waals surface area (Å²) in [5.41, 5.74) is 3.52. The molecule has 23 heavy (non-hydrogen) atoms. The topological polar surface area (TPSA) is 38.3 Å². The number of ether oxygens (including phenoxy) is 1. The van der Waals surface area contributed by atoms with E-state index in [-0.39, 0.29) is 12.0 Å². The Kier molecular flexibility index (Phi) is 6.21. The van der Waals surface area contributed by atoms with Crippen LogP contribution >= 0.6 is 0 Å². The van der Waals surface area contributed by atoms with Crippen molar-refractivity contribution >= 4 is 5.91 Å². The van der Waals surface area contributed by atoms with E-state index < -0.39 is 0 Å². The normalized spacial score (nSPS) is 10.6. The van der Waals surface area contributed by atoms with Crippen LogP contribution in [0.4, 0.5) is 0 Å². The van der Waals surface area contributed by atoms with Crippen LogP contribution < -0.4 is 10.1 Å². The SMILES string of the molecule is Cc1ccccc1CCC(=O)NCc1cccc(OC(C)C)c1. The predicted octanol–water partition coefficient (Wildman–Crippen LogP) is 4.03. The summed E-state index contributed by atoms with van der Waals surface area (Å²) in [6, 6.07) is 16.0. The summed E-state index contributed by atoms with van der Waals surface area (Å²) < 4.78 is 5.67. The molecule has 0 heterocycles. The quantitative estimate of drug-likeness (QED) is 0.838. The molecular weight excluding hydrogens is 286 g/mol. The predicted molar refractivity (Wildman–Crippen MR) is 93.6 cm³/mol. The van der Waals surface area contributed by atoms with Crippen LogP contribution in [-0.2, 0) is 17.8 Å². The minimum atomic E-state index is 0.0726. The molecule has 3 nitrogen and oxygen atoms in total. The van der Waals surface area contributed by atoms with Gasteiger partial charge in [-0.1, -0.05) is 36.4 Å². The van der Waals surface area contributed by atoms with Gasteiger partial charge in [0.1, 0.15) is 5.75 Å². The van der Waals surface area contributed by atoms with E-state index in [1.54, 1.807) is 0 Å². The summed E-state index contributed by atoms with van der Waals surface area (Å²) in [5.74, 6) is 0.912. The second kappa shape index (κ2) is 8.37. The number of nitrogens with one attached hydrogen (secondary N) is 1. The minimum Gasteiger partial charge on any atom is -0.491 e. The second-order valence-electron chi connectivity index (χ2n) is 6.02. The van der Waals surface area contributed by atoms with Crippen LogP contribution in [-0.4, -0.2) is 12.0 Å². The lowest BCUT2D eigenvalue weighted by atomic mass is 10.0. The first kappa shape index (κ1) is 17.1. The highest BCUT2D eigenvalue weighted by Gasteiger charge is 2.05. The van der Waals surface area contributed by atoms with Crippen molar-refractivity contribution in [3.63, 3.8) is 0 Å². The van der Waals surface area contributed by atoms with Crippen molar-refractivity contribution in [2.75, 3.05) is 0 Å². The smallest absolute Gasteiger partial charge is 0.220 e. The number of amides is 1. The summed E-state index contributed by atoms with van der Waals surface area (Å²) in [4.78, 5) is 12.0. The van der Waals surface area contributed by atoms with Gasteiger partial charge in [-0.15, -0.1) is 0 Å². The van der Waals surface area contributed by atoms with Crippen LogP contribution in [0.1, 0.15) is 37.0 Å². The highest BCUT2D eigenvalue weighted by molar-refractivity contribution is 5.76. The van der Waals surface area contributed by atoms with Crippen LogP contribution in [0.5, 0.6) is 5.75 Å². The van der Waals surface area contributed by atoms with Gasteiger partial charge in [-0.2, -0.15) is 0 Å². The van der Waals surface area contributed by atoms with Gasteiger partial charge in [0, 0.05) is 13.0 Å². The van der Waals surface area contributed by atoms with E-state index in [0.29, 0.717) is 13.0 Å². The fraction of sp³-hybridized carbons (Fsp3) is 0.350. The zero-order valence-electron chi connectivity index (χ0n) is 14.1. The number of carbonyl (C=O) groups is 1. The van der Waals surface area contributed by atoms with Crippen molar-refractivity contribution in [3.05, 3.63) is 65.2 Å². The summed E-state index contributed by atoms with van der Waals surface area (Å²) in [6.07, 6.45) is 1.43. The fourth-order valence-electron chi connectivity index (χ4n) is 2.43. The Hall–Kier alpha value is -2.29. The molecule has 2 aromatic rings. The number of aryl methyl sites for hydroxylation is 2. The van der Waals surface area contributed by atoms with Gasteiger partial charge in [-0.05, 0) is 56.0 Å². The molecule has 2 rings (SSSR count). The molecule has 0 aromatic heterocycles. The number of hydrogen-bond acceptors (Lipinski definition) is 2. The fourth-order valence-corrected chi connectivity index (χ4v) is 2.43. The number of hydrogen-bond donors (Lipinski definition) is 1. The zero-order chi connectivity index (χ0) is 16.7. The molecule has 0 bridgehead atoms. The van der Waals surface area contributed by atoms with E-state index in [9.17, 15) is 4.79 Å². The van der Waals surface area contributed by atoms with Gasteiger partial charge < -0.3 is 10.1 Å². The Morgan fingerprint density at radius 3 is 2.65 bits per heavy atom. The van der Waals surface area contributed by atoms with Gasteiger partial charge >= 0.3 is 0 Å². The van der Waals surface area contributed by atoms with Crippen molar-refractivity contribution in [2.45, 2.75) is 46.3 Å². The molecule has 1 amide bonds. The summed E-state index contributed by atoms with van der Waals surface area (Å²) >= 11 is 0. The van der Waals surface area contributed by atoms with Crippen molar-refractivity contribution in [1.29, 1.82) is 0 Å². The largest absolute Gasteiger partial charge is 0.491 e. The molecule has 122 valence electrons. The van der Waals surface area contributed by atoms with Gasteiger partial charge in [0.05, 0.1) is 6.10 Å². The monoisotopic (exact) mass is 311 g/mol. The molecular formula is C20H25NO2. The molecule has 0 spiro atoms. The molecule has 0 fully saturated rings. The molecule has 0 saturated carbocycles. The molecule has 3 heteroatoms. The molecule has 0 atom stereocenters. The lowest BCUT2D eigenvalue weighted by Gasteiger charge is -2.11. The van der Waals surface area contributed by atoms with E-state index in [1.807, 2.05) is 50.2 Å². The lowest BCUT2D eigenvalue weighted by molar-refractivity contribution is -0.121. The first-order valence-corrected chi connectivity index (χ1v) is 8.11. The third-order valence-electron chi connectivity index (χ3n) is 3.64. The maximum Gasteiger partial charge on any atom is 0.220 e. The number of carbonyl (C=O) groups excluding carboxylic acids is 1. The van der Waals surface area contributed by atoms with E-state index in [0.717, 1.165) is 17.7 Å². The van der Waals surface area contributed by atoms with Gasteiger partial charge in [0.2, 0.25) is 5.91 Å². The third-order valence-corrected chi connectivity index (χ3v) is 3.64. The maximum atomic E-state index is 12.0. The van der Waals surface area contributed by atoms with E-state index in [2.05, 4.69) is 24.4 Å². The molecule has 1 N–H and O–H groups in total. The Morgan fingerprint density at radius 1 is 1.13 bits per heavy atom. The van der Waals surface area contributed by atoms with E-state index >= 15 is 0 Å². The highest BCUT2D eigenvalue weighted by Crippen LogP contribution is 2.15. The van der Waals surface area contributed by atoms with Gasteiger partial charge in [0.15, 0.2) is 0 Å². The van der Waals surface area contributed by atoms with Crippen molar-refractivity contribution < 1.29 is 9.53 Å². The molecule has 0 aliphatic rings. The van der Waals surface area contributed by atoms with Crippen molar-refractivity contribution in [2.24, 2.45) is 0 Å². The van der Waals surface area contributed by atoms with Crippen molar-refractivity contribution in [3.8, 4) is 5.75 Å². The lowest BCUT2D eigenvalue weighted by Crippen LogP contribution is -2.23. The maximum absolute atomic E-state index is 12.0. The Bertz CT molecular complexity index is 650. The average molecular weight is 311 g/mol. The first-order chi connectivity index (χ1) is 11.0. The van der Waals surface area contributed by atoms with Gasteiger partial charge in [-0.3, -0.25) is 4.79 Å². The Balaban J connectivity index is 1.81. The summed E-state index contributed by atoms with van der Waals surface area (Å²) in [6.45, 7) is 6.61. The average Bonchev–Trinajstić information content (AvgIpc) is 2.52. The van der Waals surface area contributed by atoms with Gasteiger partial charge in [0.25, 0.3) is 0 Å². The van der Waals surface area contributed by atoms with Crippen LogP contribution in [0.2, 0.25) is 0 Å². The zero-order valence-corrected chi connectivity index (χ0v) is 14.1. The summed E-state index contributed by atoms with van der Waals surface area (Å²) in [5, 5.41) is 2.97. The standard InChI is InChI=1S/C20H25NO2/c1-15(2)23-19-10-6-8-17(13-19)14-21-20(22)12-11-18-9-5-4-7-16(18)3/h4-10,13,15H,11-12,14H2,1-3H3,(H,21,22). The third kappa shape index (κ3) is 5.78. The molecule has 0 aliphatic carbocycles. The van der Waals surface area contributed by atoms with Crippen LogP contribution in [0, 0.1) is 6.92 Å². The van der Waals surface area contributed by atoms with Crippen LogP contribution in [0.25, 0.3) is 0 Å². The second-order valence-corrected chi connectivity index (χ2v) is 6.02. The first-order valence-electron chi connectivity index (χ1n) is 8.11. The molecule has 2 aromatic carbocycles. The van der Waals surface area contributed by atoms with E-state index in [1.165, 1.54) is 11.1 Å². The van der Waals surface area contributed by atoms with Gasteiger partial charge in [-0.25, -0.2) is 0 Å². The highest BCUT2D eigenvalue weighted by atomic mass is 16.5. The Labute approximate surface area is 138 Å². The molecule has 0 unspecified atom stereocenters.